The standard InChI is InChI=1S/C15H15N3O4S/c1-22-14-6-3-10(8-16-14)9-17-15(19)12-7-11(23-2)4-5-13(12)18(20)21/h3-8H,9H2,1-2H3,(H,17,19). The van der Waals surface area contributed by atoms with Crippen LogP contribution in [0.2, 0.25) is 0 Å². The Bertz CT molecular complexity index is 719. The summed E-state index contributed by atoms with van der Waals surface area (Å²) >= 11 is 1.41. The van der Waals surface area contributed by atoms with Gasteiger partial charge in [0.05, 0.1) is 12.0 Å². The number of carbonyl (C=O) groups is 1. The zero-order valence-corrected chi connectivity index (χ0v) is 13.4. The molecule has 23 heavy (non-hydrogen) atoms. The number of thioether (sulfide) groups is 1. The number of ether oxygens (including phenoxy) is 1. The highest BCUT2D eigenvalue weighted by molar-refractivity contribution is 7.98. The van der Waals surface area contributed by atoms with Crippen molar-refractivity contribution in [3.8, 4) is 5.88 Å². The molecule has 1 amide bonds. The molecule has 0 aliphatic heterocycles. The van der Waals surface area contributed by atoms with E-state index >= 15 is 0 Å². The number of carbonyl (C=O) groups excluding carboxylic acids is 1. The number of benzene rings is 1. The Morgan fingerprint density at radius 2 is 2.17 bits per heavy atom. The molecule has 0 unspecified atom stereocenters. The number of rotatable bonds is 6. The molecule has 120 valence electrons. The van der Waals surface area contributed by atoms with Crippen LogP contribution in [0.1, 0.15) is 15.9 Å². The van der Waals surface area contributed by atoms with Crippen LogP contribution in [-0.4, -0.2) is 29.2 Å². The van der Waals surface area contributed by atoms with Crippen LogP contribution in [0.5, 0.6) is 5.88 Å². The molecule has 0 aliphatic carbocycles. The van der Waals surface area contributed by atoms with Gasteiger partial charge < -0.3 is 10.1 Å². The first-order valence-corrected chi connectivity index (χ1v) is 7.87. The Kier molecular flexibility index (Phi) is 5.53. The molecule has 1 N–H and O–H groups in total. The number of methoxy groups -OCH3 is 1. The lowest BCUT2D eigenvalue weighted by molar-refractivity contribution is -0.385. The third kappa shape index (κ3) is 4.19. The van der Waals surface area contributed by atoms with Gasteiger partial charge in [-0.3, -0.25) is 14.9 Å². The zero-order valence-electron chi connectivity index (χ0n) is 12.6. The number of amides is 1. The fourth-order valence-corrected chi connectivity index (χ4v) is 2.34. The summed E-state index contributed by atoms with van der Waals surface area (Å²) in [6.07, 6.45) is 3.41. The Labute approximate surface area is 137 Å². The molecular weight excluding hydrogens is 318 g/mol. The molecule has 1 heterocycles. The van der Waals surface area contributed by atoms with Crippen LogP contribution in [0.25, 0.3) is 0 Å². The first-order valence-electron chi connectivity index (χ1n) is 6.64. The van der Waals surface area contributed by atoms with Gasteiger partial charge in [0.2, 0.25) is 5.88 Å². The molecule has 0 radical (unpaired) electrons. The van der Waals surface area contributed by atoms with E-state index in [1.807, 2.05) is 6.26 Å². The van der Waals surface area contributed by atoms with Crippen molar-refractivity contribution in [2.24, 2.45) is 0 Å². The summed E-state index contributed by atoms with van der Waals surface area (Å²) < 4.78 is 4.96. The maximum atomic E-state index is 12.3. The number of hydrogen-bond donors (Lipinski definition) is 1. The van der Waals surface area contributed by atoms with E-state index in [4.69, 9.17) is 4.74 Å². The van der Waals surface area contributed by atoms with Crippen molar-refractivity contribution in [3.05, 3.63) is 57.8 Å². The van der Waals surface area contributed by atoms with E-state index in [9.17, 15) is 14.9 Å². The minimum Gasteiger partial charge on any atom is -0.481 e. The maximum Gasteiger partial charge on any atom is 0.282 e. The molecule has 0 bridgehead atoms. The van der Waals surface area contributed by atoms with E-state index in [0.29, 0.717) is 5.88 Å². The summed E-state index contributed by atoms with van der Waals surface area (Å²) in [7, 11) is 1.52. The van der Waals surface area contributed by atoms with Gasteiger partial charge in [-0.05, 0) is 24.0 Å². The third-order valence-electron chi connectivity index (χ3n) is 3.10. The molecule has 0 saturated heterocycles. The molecule has 8 heteroatoms. The van der Waals surface area contributed by atoms with Gasteiger partial charge in [0, 0.05) is 29.8 Å². The number of nitro groups is 1. The van der Waals surface area contributed by atoms with E-state index in [1.165, 1.54) is 31.0 Å². The van der Waals surface area contributed by atoms with Crippen LogP contribution in [0, 0.1) is 10.1 Å². The van der Waals surface area contributed by atoms with Crippen LogP contribution >= 0.6 is 11.8 Å². The maximum absolute atomic E-state index is 12.3. The summed E-state index contributed by atoms with van der Waals surface area (Å²) in [5, 5.41) is 13.7. The van der Waals surface area contributed by atoms with Crippen LogP contribution in [-0.2, 0) is 6.54 Å². The lowest BCUT2D eigenvalue weighted by atomic mass is 10.1. The lowest BCUT2D eigenvalue weighted by Gasteiger charge is -2.07. The largest absolute Gasteiger partial charge is 0.481 e. The highest BCUT2D eigenvalue weighted by Crippen LogP contribution is 2.24. The average molecular weight is 333 g/mol. The van der Waals surface area contributed by atoms with E-state index < -0.39 is 10.8 Å². The van der Waals surface area contributed by atoms with Crippen LogP contribution in [0.3, 0.4) is 0 Å². The Hall–Kier alpha value is -2.61. The predicted octanol–water partition coefficient (Wildman–Crippen LogP) is 2.65. The highest BCUT2D eigenvalue weighted by atomic mass is 32.2. The summed E-state index contributed by atoms with van der Waals surface area (Å²) in [6.45, 7) is 0.219. The van der Waals surface area contributed by atoms with Gasteiger partial charge in [-0.1, -0.05) is 6.07 Å². The summed E-state index contributed by atoms with van der Waals surface area (Å²) in [5.41, 5.74) is 0.597. The fraction of sp³-hybridized carbons (Fsp3) is 0.200. The zero-order chi connectivity index (χ0) is 16.8. The van der Waals surface area contributed by atoms with Crippen molar-refractivity contribution in [2.75, 3.05) is 13.4 Å². The number of hydrogen-bond acceptors (Lipinski definition) is 6. The molecule has 0 aliphatic rings. The molecule has 0 fully saturated rings. The van der Waals surface area contributed by atoms with Gasteiger partial charge in [0.25, 0.3) is 11.6 Å². The topological polar surface area (TPSA) is 94.4 Å². The number of aromatic nitrogens is 1. The predicted molar refractivity (Wildman–Crippen MR) is 86.8 cm³/mol. The van der Waals surface area contributed by atoms with Crippen molar-refractivity contribution in [3.63, 3.8) is 0 Å². The van der Waals surface area contributed by atoms with E-state index in [2.05, 4.69) is 10.3 Å². The van der Waals surface area contributed by atoms with Crippen molar-refractivity contribution in [1.82, 2.24) is 10.3 Å². The minimum absolute atomic E-state index is 0.0447. The van der Waals surface area contributed by atoms with Gasteiger partial charge >= 0.3 is 0 Å². The Morgan fingerprint density at radius 1 is 1.39 bits per heavy atom. The fourth-order valence-electron chi connectivity index (χ4n) is 1.90. The normalized spacial score (nSPS) is 10.2. The van der Waals surface area contributed by atoms with Crippen molar-refractivity contribution < 1.29 is 14.5 Å². The summed E-state index contributed by atoms with van der Waals surface area (Å²) in [6, 6.07) is 7.92. The molecule has 1 aromatic carbocycles. The molecule has 0 atom stereocenters. The quantitative estimate of drug-likeness (QED) is 0.496. The summed E-state index contributed by atoms with van der Waals surface area (Å²) in [4.78, 5) is 27.6. The van der Waals surface area contributed by atoms with Gasteiger partial charge in [0.1, 0.15) is 5.56 Å². The van der Waals surface area contributed by atoms with Crippen LogP contribution in [0.4, 0.5) is 5.69 Å². The van der Waals surface area contributed by atoms with Gasteiger partial charge in [-0.25, -0.2) is 4.98 Å². The third-order valence-corrected chi connectivity index (χ3v) is 3.83. The van der Waals surface area contributed by atoms with Gasteiger partial charge in [-0.2, -0.15) is 0 Å². The molecule has 0 spiro atoms. The van der Waals surface area contributed by atoms with Gasteiger partial charge in [-0.15, -0.1) is 11.8 Å². The lowest BCUT2D eigenvalue weighted by Crippen LogP contribution is -2.23. The van der Waals surface area contributed by atoms with E-state index in [0.717, 1.165) is 10.5 Å². The Morgan fingerprint density at radius 3 is 2.74 bits per heavy atom. The molecule has 2 aromatic rings. The minimum atomic E-state index is -0.562. The number of nitrogens with one attached hydrogen (secondary N) is 1. The van der Waals surface area contributed by atoms with Crippen LogP contribution < -0.4 is 10.1 Å². The van der Waals surface area contributed by atoms with E-state index in [-0.39, 0.29) is 17.8 Å². The molecular formula is C15H15N3O4S. The Balaban J connectivity index is 2.14. The first-order chi connectivity index (χ1) is 11.0. The van der Waals surface area contributed by atoms with Crippen molar-refractivity contribution in [2.45, 2.75) is 11.4 Å². The highest BCUT2D eigenvalue weighted by Gasteiger charge is 2.20. The second kappa shape index (κ2) is 7.59. The first kappa shape index (κ1) is 16.8. The molecule has 2 rings (SSSR count). The molecule has 1 aromatic heterocycles. The number of nitro benzene ring substituents is 1. The second-order valence-corrected chi connectivity index (χ2v) is 5.41. The number of nitrogens with zero attached hydrogens (tertiary/aromatic N) is 2. The van der Waals surface area contributed by atoms with E-state index in [1.54, 1.807) is 24.4 Å². The second-order valence-electron chi connectivity index (χ2n) is 4.53. The monoisotopic (exact) mass is 333 g/mol. The smallest absolute Gasteiger partial charge is 0.282 e. The molecule has 0 saturated carbocycles. The molecule has 7 nitrogen and oxygen atoms in total. The van der Waals surface area contributed by atoms with Crippen molar-refractivity contribution >= 4 is 23.4 Å². The van der Waals surface area contributed by atoms with Crippen molar-refractivity contribution in [1.29, 1.82) is 0 Å². The van der Waals surface area contributed by atoms with Gasteiger partial charge in [0.15, 0.2) is 0 Å². The summed E-state index contributed by atoms with van der Waals surface area (Å²) in [5.74, 6) is -0.0215. The SMILES string of the molecule is COc1ccc(CNC(=O)c2cc(SC)ccc2[N+](=O)[O-])cn1. The average Bonchev–Trinajstić information content (AvgIpc) is 2.59. The number of pyridine rings is 1. The van der Waals surface area contributed by atoms with Crippen LogP contribution in [0.15, 0.2) is 41.4 Å².